The van der Waals surface area contributed by atoms with Gasteiger partial charge in [-0.15, -0.1) is 6.58 Å². The van der Waals surface area contributed by atoms with E-state index < -0.39 is 0 Å². The molecule has 0 aromatic carbocycles. The standard InChI is InChI=1S/C31H54/c1-3-5-6-7-8-11-28-18-22-30(23-19-28)31-24-20-29(21-25-31)13-10-9-12-27-16-14-26(4-2)15-17-27/h4,9,12,26-31H,2-3,5-8,10-11,13-25H2,1H3/t26-,27-,28-,29-,30-,31-. The summed E-state index contributed by atoms with van der Waals surface area (Å²) in [5.74, 6) is 5.92. The Morgan fingerprint density at radius 2 is 1.16 bits per heavy atom. The van der Waals surface area contributed by atoms with E-state index in [0.717, 1.165) is 35.5 Å². The highest BCUT2D eigenvalue weighted by atomic mass is 14.4. The zero-order chi connectivity index (χ0) is 21.7. The number of rotatable bonds is 12. The van der Waals surface area contributed by atoms with Gasteiger partial charge in [0.15, 0.2) is 0 Å². The average molecular weight is 427 g/mol. The van der Waals surface area contributed by atoms with Crippen molar-refractivity contribution in [3.8, 4) is 0 Å². The third-order valence-corrected chi connectivity index (χ3v) is 9.47. The maximum atomic E-state index is 3.98. The van der Waals surface area contributed by atoms with Crippen molar-refractivity contribution in [1.82, 2.24) is 0 Å². The van der Waals surface area contributed by atoms with Crippen LogP contribution in [-0.2, 0) is 0 Å². The highest BCUT2D eigenvalue weighted by Crippen LogP contribution is 2.43. The highest BCUT2D eigenvalue weighted by molar-refractivity contribution is 4.94. The van der Waals surface area contributed by atoms with Gasteiger partial charge in [0.1, 0.15) is 0 Å². The molecular weight excluding hydrogens is 372 g/mol. The molecule has 0 nitrogen and oxygen atoms in total. The lowest BCUT2D eigenvalue weighted by molar-refractivity contribution is 0.140. The van der Waals surface area contributed by atoms with E-state index in [-0.39, 0.29) is 0 Å². The maximum absolute atomic E-state index is 3.98. The van der Waals surface area contributed by atoms with Crippen LogP contribution in [0.3, 0.4) is 0 Å². The van der Waals surface area contributed by atoms with Crippen LogP contribution >= 0.6 is 0 Å². The first kappa shape index (κ1) is 25.1. The van der Waals surface area contributed by atoms with E-state index in [9.17, 15) is 0 Å². The molecule has 3 fully saturated rings. The van der Waals surface area contributed by atoms with Gasteiger partial charge in [-0.05, 0) is 99.7 Å². The van der Waals surface area contributed by atoms with Gasteiger partial charge < -0.3 is 0 Å². The SMILES string of the molecule is C=C[C@H]1CC[C@H](C=CCC[C@H]2CC[C@H]([C@H]3CC[C@H](CCCCCCC)CC3)CC2)CC1. The molecule has 0 amide bonds. The van der Waals surface area contributed by atoms with Crippen molar-refractivity contribution in [2.24, 2.45) is 35.5 Å². The summed E-state index contributed by atoms with van der Waals surface area (Å²) in [4.78, 5) is 0. The Morgan fingerprint density at radius 3 is 1.74 bits per heavy atom. The van der Waals surface area contributed by atoms with Gasteiger partial charge in [-0.3, -0.25) is 0 Å². The predicted molar refractivity (Wildman–Crippen MR) is 138 cm³/mol. The number of unbranched alkanes of at least 4 members (excludes halogenated alkanes) is 4. The molecular formula is C31H54. The van der Waals surface area contributed by atoms with Crippen LogP contribution in [0.5, 0.6) is 0 Å². The summed E-state index contributed by atoms with van der Waals surface area (Å²) in [5, 5.41) is 0. The molecule has 0 aromatic heterocycles. The third-order valence-electron chi connectivity index (χ3n) is 9.47. The monoisotopic (exact) mass is 426 g/mol. The first-order valence-corrected chi connectivity index (χ1v) is 14.6. The van der Waals surface area contributed by atoms with Crippen molar-refractivity contribution in [2.45, 2.75) is 135 Å². The maximum Gasteiger partial charge on any atom is -0.0233 e. The van der Waals surface area contributed by atoms with E-state index >= 15 is 0 Å². The predicted octanol–water partition coefficient (Wildman–Crippen LogP) is 10.3. The van der Waals surface area contributed by atoms with Crippen molar-refractivity contribution in [1.29, 1.82) is 0 Å². The van der Waals surface area contributed by atoms with Crippen LogP contribution in [0.2, 0.25) is 0 Å². The van der Waals surface area contributed by atoms with Gasteiger partial charge in [0.05, 0.1) is 0 Å². The largest absolute Gasteiger partial charge is 0.103 e. The van der Waals surface area contributed by atoms with E-state index in [0.29, 0.717) is 0 Å². The molecule has 0 saturated heterocycles. The van der Waals surface area contributed by atoms with Gasteiger partial charge in [-0.25, -0.2) is 0 Å². The summed E-state index contributed by atoms with van der Waals surface area (Å²) >= 11 is 0. The lowest BCUT2D eigenvalue weighted by Crippen LogP contribution is -2.25. The molecule has 3 rings (SSSR count). The fraction of sp³-hybridized carbons (Fsp3) is 0.871. The molecule has 178 valence electrons. The molecule has 0 N–H and O–H groups in total. The molecule has 3 aliphatic rings. The minimum Gasteiger partial charge on any atom is -0.103 e. The fourth-order valence-corrected chi connectivity index (χ4v) is 7.13. The lowest BCUT2D eigenvalue weighted by Gasteiger charge is -2.38. The molecule has 3 saturated carbocycles. The summed E-state index contributed by atoms with van der Waals surface area (Å²) in [6.45, 7) is 6.30. The molecule has 0 heterocycles. The fourth-order valence-electron chi connectivity index (χ4n) is 7.13. The first-order valence-electron chi connectivity index (χ1n) is 14.6. The number of allylic oxidation sites excluding steroid dienone is 3. The van der Waals surface area contributed by atoms with E-state index in [2.05, 4.69) is 31.7 Å². The normalized spacial score (nSPS) is 34.7. The van der Waals surface area contributed by atoms with Crippen LogP contribution < -0.4 is 0 Å². The van der Waals surface area contributed by atoms with Crippen LogP contribution in [0, 0.1) is 35.5 Å². The van der Waals surface area contributed by atoms with Crippen LogP contribution in [-0.4, -0.2) is 0 Å². The zero-order valence-electron chi connectivity index (χ0n) is 21.0. The molecule has 0 bridgehead atoms. The summed E-state index contributed by atoms with van der Waals surface area (Å²) in [6.07, 6.45) is 36.8. The molecule has 0 atom stereocenters. The molecule has 0 radical (unpaired) electrons. The van der Waals surface area contributed by atoms with E-state index in [1.54, 1.807) is 38.5 Å². The second-order valence-corrected chi connectivity index (χ2v) is 11.7. The molecule has 0 aromatic rings. The third kappa shape index (κ3) is 9.09. The average Bonchev–Trinajstić information content (AvgIpc) is 2.83. The molecule has 0 heteroatoms. The Kier molecular flexibility index (Phi) is 11.8. The Morgan fingerprint density at radius 1 is 0.613 bits per heavy atom. The van der Waals surface area contributed by atoms with Gasteiger partial charge in [0.2, 0.25) is 0 Å². The molecule has 0 unspecified atom stereocenters. The molecule has 31 heavy (non-hydrogen) atoms. The van der Waals surface area contributed by atoms with Gasteiger partial charge in [-0.1, -0.05) is 89.4 Å². The van der Waals surface area contributed by atoms with Crippen LogP contribution in [0.4, 0.5) is 0 Å². The van der Waals surface area contributed by atoms with Crippen LogP contribution in [0.15, 0.2) is 24.8 Å². The number of hydrogen-bond donors (Lipinski definition) is 0. The van der Waals surface area contributed by atoms with Crippen molar-refractivity contribution in [3.05, 3.63) is 24.8 Å². The Balaban J connectivity index is 1.22. The topological polar surface area (TPSA) is 0 Å². The van der Waals surface area contributed by atoms with Crippen molar-refractivity contribution >= 4 is 0 Å². The van der Waals surface area contributed by atoms with Crippen molar-refractivity contribution < 1.29 is 0 Å². The van der Waals surface area contributed by atoms with E-state index in [4.69, 9.17) is 0 Å². The quantitative estimate of drug-likeness (QED) is 0.215. The Hall–Kier alpha value is -0.520. The summed E-state index contributed by atoms with van der Waals surface area (Å²) in [7, 11) is 0. The number of hydrogen-bond acceptors (Lipinski definition) is 0. The Bertz CT molecular complexity index is 478. The van der Waals surface area contributed by atoms with Crippen LogP contribution in [0.1, 0.15) is 135 Å². The second-order valence-electron chi connectivity index (χ2n) is 11.7. The van der Waals surface area contributed by atoms with Crippen molar-refractivity contribution in [2.75, 3.05) is 0 Å². The summed E-state index contributed by atoms with van der Waals surface area (Å²) in [5.41, 5.74) is 0. The van der Waals surface area contributed by atoms with Crippen molar-refractivity contribution in [3.63, 3.8) is 0 Å². The lowest BCUT2D eigenvalue weighted by atomic mass is 9.68. The van der Waals surface area contributed by atoms with E-state index in [1.807, 2.05) is 0 Å². The summed E-state index contributed by atoms with van der Waals surface area (Å²) in [6, 6.07) is 0. The smallest absolute Gasteiger partial charge is 0.0233 e. The first-order chi connectivity index (χ1) is 15.3. The molecule has 3 aliphatic carbocycles. The van der Waals surface area contributed by atoms with Gasteiger partial charge in [0, 0.05) is 0 Å². The zero-order valence-corrected chi connectivity index (χ0v) is 21.0. The van der Waals surface area contributed by atoms with Gasteiger partial charge in [0.25, 0.3) is 0 Å². The molecule has 0 spiro atoms. The Labute approximate surface area is 195 Å². The van der Waals surface area contributed by atoms with E-state index in [1.165, 1.54) is 89.9 Å². The minimum atomic E-state index is 0.797. The van der Waals surface area contributed by atoms with Gasteiger partial charge >= 0.3 is 0 Å². The minimum absolute atomic E-state index is 0.797. The van der Waals surface area contributed by atoms with Gasteiger partial charge in [-0.2, -0.15) is 0 Å². The molecule has 0 aliphatic heterocycles. The summed E-state index contributed by atoms with van der Waals surface area (Å²) < 4.78 is 0. The highest BCUT2D eigenvalue weighted by Gasteiger charge is 2.30. The van der Waals surface area contributed by atoms with Crippen LogP contribution in [0.25, 0.3) is 0 Å². The second kappa shape index (κ2) is 14.6.